The maximum atomic E-state index is 11.6. The van der Waals surface area contributed by atoms with Gasteiger partial charge in [-0.2, -0.15) is 0 Å². The normalized spacial score (nSPS) is 11.5. The van der Waals surface area contributed by atoms with E-state index in [1.54, 1.807) is 12.1 Å². The van der Waals surface area contributed by atoms with Crippen LogP contribution in [-0.4, -0.2) is 12.0 Å². The molecule has 0 radical (unpaired) electrons. The molecule has 4 aromatic rings. The van der Waals surface area contributed by atoms with Crippen LogP contribution < -0.4 is 20.7 Å². The van der Waals surface area contributed by atoms with Crippen LogP contribution in [-0.2, 0) is 0 Å². The van der Waals surface area contributed by atoms with Crippen molar-refractivity contribution in [3.63, 3.8) is 0 Å². The largest absolute Gasteiger partial charge is 0.490 e. The standard InChI is InChI=1S/C27H24NO3P.BrH/c1-20(21-17-18-26(31-2)25(19-21)28(29)30)24-15-9-10-16-27(24)32(22-11-5-3-6-12-22)23-13-7-4-8-14-23;/h3-20H,1-2H3;1H. The highest BCUT2D eigenvalue weighted by Gasteiger charge is 2.24. The lowest BCUT2D eigenvalue weighted by Crippen LogP contribution is -2.24. The lowest BCUT2D eigenvalue weighted by molar-refractivity contribution is -0.385. The molecule has 4 nitrogen and oxygen atoms in total. The maximum Gasteiger partial charge on any atom is 0.311 e. The minimum atomic E-state index is -0.778. The average molecular weight is 522 g/mol. The Kier molecular flexibility index (Phi) is 8.37. The van der Waals surface area contributed by atoms with Gasteiger partial charge in [0, 0.05) is 12.0 Å². The molecular formula is C27H25BrNO3P. The maximum absolute atomic E-state index is 11.6. The van der Waals surface area contributed by atoms with Gasteiger partial charge in [0.05, 0.1) is 12.0 Å². The molecule has 0 aromatic heterocycles. The fourth-order valence-electron chi connectivity index (χ4n) is 3.94. The molecule has 1 atom stereocenters. The monoisotopic (exact) mass is 521 g/mol. The molecule has 4 aromatic carbocycles. The summed E-state index contributed by atoms with van der Waals surface area (Å²) in [6.45, 7) is 2.11. The fraction of sp³-hybridized carbons (Fsp3) is 0.111. The molecule has 168 valence electrons. The molecule has 0 fully saturated rings. The van der Waals surface area contributed by atoms with Crippen molar-refractivity contribution in [2.45, 2.75) is 12.8 Å². The zero-order valence-electron chi connectivity index (χ0n) is 18.4. The van der Waals surface area contributed by atoms with Gasteiger partial charge >= 0.3 is 5.69 Å². The van der Waals surface area contributed by atoms with E-state index in [-0.39, 0.29) is 39.3 Å². The third kappa shape index (κ3) is 5.32. The van der Waals surface area contributed by atoms with E-state index < -0.39 is 7.92 Å². The zero-order valence-corrected chi connectivity index (χ0v) is 21.0. The summed E-state index contributed by atoms with van der Waals surface area (Å²) in [6, 6.07) is 34.8. The third-order valence-corrected chi connectivity index (χ3v) is 8.09. The Labute approximate surface area is 205 Å². The predicted molar refractivity (Wildman–Crippen MR) is 143 cm³/mol. The Hall–Kier alpha value is -3.01. The van der Waals surface area contributed by atoms with Crippen molar-refractivity contribution in [3.8, 4) is 5.75 Å². The number of hydrogen-bond donors (Lipinski definition) is 0. The Morgan fingerprint density at radius 3 is 1.91 bits per heavy atom. The molecule has 0 saturated carbocycles. The molecule has 4 rings (SSSR count). The van der Waals surface area contributed by atoms with E-state index in [1.807, 2.05) is 24.3 Å². The van der Waals surface area contributed by atoms with E-state index in [9.17, 15) is 10.1 Å². The first kappa shape index (κ1) is 24.6. The van der Waals surface area contributed by atoms with E-state index >= 15 is 0 Å². The van der Waals surface area contributed by atoms with Crippen molar-refractivity contribution in [3.05, 3.63) is 124 Å². The van der Waals surface area contributed by atoms with Gasteiger partial charge in [0.1, 0.15) is 0 Å². The summed E-state index contributed by atoms with van der Waals surface area (Å²) in [6.07, 6.45) is 0. The SMILES string of the molecule is Br.COc1ccc(C(C)c2ccccc2P(c2ccccc2)c2ccccc2)cc1[N+](=O)[O-]. The van der Waals surface area contributed by atoms with Gasteiger partial charge < -0.3 is 4.74 Å². The molecule has 0 amide bonds. The molecule has 6 heteroatoms. The minimum Gasteiger partial charge on any atom is -0.490 e. The van der Waals surface area contributed by atoms with Crippen LogP contribution in [0.25, 0.3) is 0 Å². The number of ether oxygens (including phenoxy) is 1. The van der Waals surface area contributed by atoms with Crippen LogP contribution in [0, 0.1) is 10.1 Å². The Balaban J connectivity index is 0.00000306. The molecule has 0 heterocycles. The molecule has 1 unspecified atom stereocenters. The van der Waals surface area contributed by atoms with Gasteiger partial charge in [0.25, 0.3) is 0 Å². The van der Waals surface area contributed by atoms with Crippen LogP contribution in [0.4, 0.5) is 5.69 Å². The highest BCUT2D eigenvalue weighted by atomic mass is 79.9. The molecular weight excluding hydrogens is 497 g/mol. The van der Waals surface area contributed by atoms with Gasteiger partial charge in [-0.15, -0.1) is 17.0 Å². The number of nitro groups is 1. The second-order valence-electron chi connectivity index (χ2n) is 7.48. The molecule has 33 heavy (non-hydrogen) atoms. The van der Waals surface area contributed by atoms with E-state index in [0.29, 0.717) is 0 Å². The van der Waals surface area contributed by atoms with E-state index in [0.717, 1.165) is 5.56 Å². The summed E-state index contributed by atoms with van der Waals surface area (Å²) in [7, 11) is 0.674. The molecule has 0 bridgehead atoms. The number of halogens is 1. The molecule has 0 aliphatic rings. The van der Waals surface area contributed by atoms with Gasteiger partial charge in [0.2, 0.25) is 0 Å². The Bertz CT molecular complexity index is 1180. The second-order valence-corrected chi connectivity index (χ2v) is 9.66. The second kappa shape index (κ2) is 11.2. The van der Waals surface area contributed by atoms with Crippen LogP contribution in [0.15, 0.2) is 103 Å². The minimum absolute atomic E-state index is 0. The van der Waals surface area contributed by atoms with Crippen molar-refractivity contribution in [2.24, 2.45) is 0 Å². The molecule has 0 saturated heterocycles. The summed E-state index contributed by atoms with van der Waals surface area (Å²) in [4.78, 5) is 11.2. The molecule has 0 aliphatic heterocycles. The van der Waals surface area contributed by atoms with Crippen LogP contribution >= 0.6 is 24.9 Å². The van der Waals surface area contributed by atoms with Gasteiger partial charge in [-0.3, -0.25) is 10.1 Å². The number of rotatable bonds is 7. The van der Waals surface area contributed by atoms with Gasteiger partial charge in [-0.05, 0) is 41.0 Å². The number of benzene rings is 4. The quantitative estimate of drug-likeness (QED) is 0.168. The van der Waals surface area contributed by atoms with Crippen molar-refractivity contribution < 1.29 is 9.66 Å². The smallest absolute Gasteiger partial charge is 0.311 e. The summed E-state index contributed by atoms with van der Waals surface area (Å²) in [5.41, 5.74) is 2.05. The molecule has 0 spiro atoms. The first-order chi connectivity index (χ1) is 15.6. The summed E-state index contributed by atoms with van der Waals surface area (Å²) in [5, 5.41) is 15.4. The first-order valence-corrected chi connectivity index (χ1v) is 11.8. The van der Waals surface area contributed by atoms with Crippen molar-refractivity contribution in [1.82, 2.24) is 0 Å². The number of nitrogens with zero attached hydrogens (tertiary/aromatic N) is 1. The third-order valence-electron chi connectivity index (χ3n) is 5.57. The van der Waals surface area contributed by atoms with Gasteiger partial charge in [0.15, 0.2) is 5.75 Å². The van der Waals surface area contributed by atoms with Crippen LogP contribution in [0.3, 0.4) is 0 Å². The summed E-state index contributed by atoms with van der Waals surface area (Å²) in [5.74, 6) is 0.253. The molecule has 0 aliphatic carbocycles. The number of hydrogen-bond acceptors (Lipinski definition) is 3. The highest BCUT2D eigenvalue weighted by molar-refractivity contribution is 8.93. The predicted octanol–water partition coefficient (Wildman–Crippen LogP) is 6.09. The highest BCUT2D eigenvalue weighted by Crippen LogP contribution is 2.38. The Morgan fingerprint density at radius 2 is 1.36 bits per heavy atom. The summed E-state index contributed by atoms with van der Waals surface area (Å²) < 4.78 is 5.19. The van der Waals surface area contributed by atoms with E-state index in [2.05, 4.69) is 73.7 Å². The Morgan fingerprint density at radius 1 is 0.818 bits per heavy atom. The number of nitro benzene ring substituents is 1. The van der Waals surface area contributed by atoms with Gasteiger partial charge in [-0.1, -0.05) is 97.9 Å². The van der Waals surface area contributed by atoms with Crippen LogP contribution in [0.1, 0.15) is 24.0 Å². The van der Waals surface area contributed by atoms with E-state index in [1.165, 1.54) is 28.6 Å². The zero-order chi connectivity index (χ0) is 22.5. The average Bonchev–Trinajstić information content (AvgIpc) is 2.85. The van der Waals surface area contributed by atoms with Crippen molar-refractivity contribution in [1.29, 1.82) is 0 Å². The lowest BCUT2D eigenvalue weighted by Gasteiger charge is -2.25. The first-order valence-electron chi connectivity index (χ1n) is 10.4. The van der Waals surface area contributed by atoms with Crippen molar-refractivity contribution in [2.75, 3.05) is 7.11 Å². The lowest BCUT2D eigenvalue weighted by atomic mass is 9.92. The van der Waals surface area contributed by atoms with Crippen molar-refractivity contribution >= 4 is 46.5 Å². The van der Waals surface area contributed by atoms with E-state index in [4.69, 9.17) is 4.74 Å². The van der Waals surface area contributed by atoms with Gasteiger partial charge in [-0.25, -0.2) is 0 Å². The fourth-order valence-corrected chi connectivity index (χ4v) is 6.49. The van der Waals surface area contributed by atoms with Crippen LogP contribution in [0.5, 0.6) is 5.75 Å². The number of methoxy groups -OCH3 is 1. The molecule has 0 N–H and O–H groups in total. The van der Waals surface area contributed by atoms with Crippen LogP contribution in [0.2, 0.25) is 0 Å². The summed E-state index contributed by atoms with van der Waals surface area (Å²) >= 11 is 0. The topological polar surface area (TPSA) is 52.4 Å².